The Bertz CT molecular complexity index is 1240. The molecule has 5 rings (SSSR count). The van der Waals surface area contributed by atoms with Crippen LogP contribution in [0.2, 0.25) is 0 Å². The molecule has 8 nitrogen and oxygen atoms in total. The summed E-state index contributed by atoms with van der Waals surface area (Å²) in [5.74, 6) is 0.953. The third-order valence-electron chi connectivity index (χ3n) is 5.79. The summed E-state index contributed by atoms with van der Waals surface area (Å²) in [5, 5.41) is 19.8. The predicted octanol–water partition coefficient (Wildman–Crippen LogP) is 4.51. The van der Waals surface area contributed by atoms with Gasteiger partial charge in [0, 0.05) is 29.3 Å². The number of carbonyl (C=O) groups is 1. The van der Waals surface area contributed by atoms with Gasteiger partial charge in [0.2, 0.25) is 5.95 Å². The monoisotopic (exact) mass is 415 g/mol. The van der Waals surface area contributed by atoms with Gasteiger partial charge in [0.25, 0.3) is 5.69 Å². The van der Waals surface area contributed by atoms with Crippen LogP contribution in [0.25, 0.3) is 11.4 Å². The van der Waals surface area contributed by atoms with Crippen molar-refractivity contribution in [3.8, 4) is 11.4 Å². The fourth-order valence-corrected chi connectivity index (χ4v) is 4.49. The molecule has 0 bridgehead atoms. The van der Waals surface area contributed by atoms with Crippen molar-refractivity contribution in [2.24, 2.45) is 5.41 Å². The van der Waals surface area contributed by atoms with Crippen molar-refractivity contribution in [1.29, 1.82) is 0 Å². The second-order valence-electron chi connectivity index (χ2n) is 8.75. The molecule has 31 heavy (non-hydrogen) atoms. The maximum atomic E-state index is 13.3. The Hall–Kier alpha value is -3.81. The van der Waals surface area contributed by atoms with Crippen LogP contribution in [-0.2, 0) is 4.79 Å². The minimum atomic E-state index is -0.707. The van der Waals surface area contributed by atoms with Gasteiger partial charge in [0.15, 0.2) is 11.6 Å². The molecule has 0 saturated heterocycles. The molecule has 156 valence electrons. The number of hydrogen-bond donors (Lipinski definition) is 1. The van der Waals surface area contributed by atoms with Crippen molar-refractivity contribution >= 4 is 17.4 Å². The number of rotatable bonds is 3. The van der Waals surface area contributed by atoms with E-state index in [2.05, 4.69) is 15.4 Å². The molecular formula is C23H21N5O3. The van der Waals surface area contributed by atoms with Crippen LogP contribution in [0.3, 0.4) is 0 Å². The van der Waals surface area contributed by atoms with Crippen molar-refractivity contribution in [2.75, 3.05) is 5.32 Å². The lowest BCUT2D eigenvalue weighted by atomic mass is 9.73. The summed E-state index contributed by atoms with van der Waals surface area (Å²) >= 11 is 0. The van der Waals surface area contributed by atoms with Gasteiger partial charge in [-0.25, -0.2) is 4.68 Å². The lowest BCUT2D eigenvalue weighted by molar-refractivity contribution is -0.385. The standard InChI is InChI=1S/C23H21N5O3/c1-23(2)12-16-19(18(29)13-23)20(15-10-6-7-11-17(15)28(30)31)27-22(24-16)25-21(26-27)14-8-4-3-5-9-14/h3-11,20H,12-13H2,1-2H3,(H,24,25,26). The Labute approximate surface area is 178 Å². The van der Waals surface area contributed by atoms with Crippen LogP contribution < -0.4 is 5.32 Å². The van der Waals surface area contributed by atoms with Gasteiger partial charge in [0.1, 0.15) is 6.04 Å². The summed E-state index contributed by atoms with van der Waals surface area (Å²) in [6, 6.07) is 15.3. The highest BCUT2D eigenvalue weighted by Gasteiger charge is 2.43. The first kappa shape index (κ1) is 19.2. The number of nitro benzene ring substituents is 1. The third-order valence-corrected chi connectivity index (χ3v) is 5.79. The first-order chi connectivity index (χ1) is 14.8. The molecule has 1 aliphatic heterocycles. The summed E-state index contributed by atoms with van der Waals surface area (Å²) in [7, 11) is 0. The molecule has 1 unspecified atom stereocenters. The second-order valence-corrected chi connectivity index (χ2v) is 8.75. The molecule has 1 atom stereocenters. The molecule has 2 heterocycles. The van der Waals surface area contributed by atoms with Crippen LogP contribution in [0.1, 0.15) is 38.3 Å². The zero-order valence-electron chi connectivity index (χ0n) is 17.2. The number of anilines is 1. The number of fused-ring (bicyclic) bond motifs is 1. The zero-order chi connectivity index (χ0) is 21.8. The normalized spacial score (nSPS) is 19.4. The average Bonchev–Trinajstić information content (AvgIpc) is 3.15. The van der Waals surface area contributed by atoms with Crippen molar-refractivity contribution < 1.29 is 9.72 Å². The first-order valence-electron chi connectivity index (χ1n) is 10.1. The summed E-state index contributed by atoms with van der Waals surface area (Å²) < 4.78 is 1.61. The Balaban J connectivity index is 1.74. The van der Waals surface area contributed by atoms with E-state index < -0.39 is 11.0 Å². The molecule has 0 spiro atoms. The Morgan fingerprint density at radius 3 is 2.55 bits per heavy atom. The van der Waals surface area contributed by atoms with Crippen LogP contribution in [0.5, 0.6) is 0 Å². The van der Waals surface area contributed by atoms with E-state index in [1.54, 1.807) is 22.9 Å². The number of para-hydroxylation sites is 1. The van der Waals surface area contributed by atoms with Crippen LogP contribution in [0.4, 0.5) is 11.6 Å². The number of Topliss-reactive ketones (excluding diaryl/α,β-unsaturated/α-hetero) is 1. The highest BCUT2D eigenvalue weighted by atomic mass is 16.6. The second kappa shape index (κ2) is 6.87. The Kier molecular flexibility index (Phi) is 4.25. The smallest absolute Gasteiger partial charge is 0.275 e. The number of benzene rings is 2. The van der Waals surface area contributed by atoms with E-state index in [-0.39, 0.29) is 16.9 Å². The van der Waals surface area contributed by atoms with Gasteiger partial charge >= 0.3 is 0 Å². The van der Waals surface area contributed by atoms with Gasteiger partial charge in [0.05, 0.1) is 10.5 Å². The van der Waals surface area contributed by atoms with Gasteiger partial charge in [-0.15, -0.1) is 5.10 Å². The highest BCUT2D eigenvalue weighted by Crippen LogP contribution is 2.47. The van der Waals surface area contributed by atoms with E-state index >= 15 is 0 Å². The fourth-order valence-electron chi connectivity index (χ4n) is 4.49. The number of ketones is 1. The van der Waals surface area contributed by atoms with Gasteiger partial charge in [-0.1, -0.05) is 56.3 Å². The van der Waals surface area contributed by atoms with E-state index in [1.165, 1.54) is 6.07 Å². The van der Waals surface area contributed by atoms with E-state index in [0.29, 0.717) is 35.8 Å². The Morgan fingerprint density at radius 2 is 1.81 bits per heavy atom. The topological polar surface area (TPSA) is 103 Å². The number of nitrogens with zero attached hydrogens (tertiary/aromatic N) is 4. The van der Waals surface area contributed by atoms with Gasteiger partial charge in [-0.3, -0.25) is 14.9 Å². The van der Waals surface area contributed by atoms with Crippen LogP contribution in [0.15, 0.2) is 65.9 Å². The van der Waals surface area contributed by atoms with Crippen LogP contribution >= 0.6 is 0 Å². The molecule has 1 aromatic heterocycles. The summed E-state index contributed by atoms with van der Waals surface area (Å²) in [4.78, 5) is 29.3. The van der Waals surface area contributed by atoms with Gasteiger partial charge < -0.3 is 5.32 Å². The minimum absolute atomic E-state index is 0.0238. The molecule has 0 saturated carbocycles. The molecule has 0 fully saturated rings. The quantitative estimate of drug-likeness (QED) is 0.499. The molecule has 2 aliphatic rings. The molecule has 2 aromatic carbocycles. The molecule has 0 amide bonds. The molecular weight excluding hydrogens is 394 g/mol. The predicted molar refractivity (Wildman–Crippen MR) is 115 cm³/mol. The largest absolute Gasteiger partial charge is 0.328 e. The van der Waals surface area contributed by atoms with Crippen molar-refractivity contribution in [2.45, 2.75) is 32.7 Å². The number of allylic oxidation sites excluding steroid dienone is 2. The zero-order valence-corrected chi connectivity index (χ0v) is 17.2. The van der Waals surface area contributed by atoms with E-state index in [4.69, 9.17) is 0 Å². The number of hydrogen-bond acceptors (Lipinski definition) is 6. The summed E-state index contributed by atoms with van der Waals surface area (Å²) in [5.41, 5.74) is 2.31. The number of nitrogens with one attached hydrogen (secondary N) is 1. The number of aromatic nitrogens is 3. The van der Waals surface area contributed by atoms with Gasteiger partial charge in [-0.05, 0) is 17.9 Å². The Morgan fingerprint density at radius 1 is 1.10 bits per heavy atom. The van der Waals surface area contributed by atoms with E-state index in [0.717, 1.165) is 11.3 Å². The molecule has 8 heteroatoms. The summed E-state index contributed by atoms with van der Waals surface area (Å²) in [6.07, 6.45) is 1.03. The lowest BCUT2D eigenvalue weighted by Crippen LogP contribution is -2.36. The van der Waals surface area contributed by atoms with Crippen molar-refractivity contribution in [3.63, 3.8) is 0 Å². The third kappa shape index (κ3) is 3.20. The molecule has 0 radical (unpaired) electrons. The highest BCUT2D eigenvalue weighted by molar-refractivity contribution is 6.00. The molecule has 1 aliphatic carbocycles. The van der Waals surface area contributed by atoms with Crippen molar-refractivity contribution in [3.05, 3.63) is 81.5 Å². The van der Waals surface area contributed by atoms with Crippen molar-refractivity contribution in [1.82, 2.24) is 14.8 Å². The fraction of sp³-hybridized carbons (Fsp3) is 0.261. The minimum Gasteiger partial charge on any atom is -0.328 e. The maximum Gasteiger partial charge on any atom is 0.275 e. The van der Waals surface area contributed by atoms with Gasteiger partial charge in [-0.2, -0.15) is 4.98 Å². The molecule has 3 aromatic rings. The number of carbonyl (C=O) groups excluding carboxylic acids is 1. The van der Waals surface area contributed by atoms with Crippen LogP contribution in [0, 0.1) is 15.5 Å². The van der Waals surface area contributed by atoms with Crippen LogP contribution in [-0.4, -0.2) is 25.5 Å². The number of nitro groups is 1. The van der Waals surface area contributed by atoms with E-state index in [9.17, 15) is 14.9 Å². The SMILES string of the molecule is CC1(C)CC(=O)C2=C(C1)Nc1nc(-c3ccccc3)nn1C2c1ccccc1[N+](=O)[O-]. The maximum absolute atomic E-state index is 13.3. The lowest BCUT2D eigenvalue weighted by Gasteiger charge is -2.38. The first-order valence-corrected chi connectivity index (χ1v) is 10.1. The summed E-state index contributed by atoms with van der Waals surface area (Å²) in [6.45, 7) is 4.09. The average molecular weight is 415 g/mol. The molecule has 1 N–H and O–H groups in total. The van der Waals surface area contributed by atoms with E-state index in [1.807, 2.05) is 44.2 Å².